The van der Waals surface area contributed by atoms with E-state index in [0.29, 0.717) is 10.7 Å². The average Bonchev–Trinajstić information content (AvgIpc) is 2.98. The maximum absolute atomic E-state index is 11.8. The van der Waals surface area contributed by atoms with Crippen molar-refractivity contribution in [1.82, 2.24) is 26.0 Å². The number of aromatic amines is 1. The molecule has 0 spiro atoms. The number of nitrogens with zero attached hydrogens (tertiary/aromatic N) is 2. The van der Waals surface area contributed by atoms with Crippen molar-refractivity contribution in [2.24, 2.45) is 0 Å². The number of carbonyl (C=O) groups is 2. The van der Waals surface area contributed by atoms with Crippen LogP contribution in [0.4, 0.5) is 0 Å². The van der Waals surface area contributed by atoms with Gasteiger partial charge in [0.1, 0.15) is 6.33 Å². The Morgan fingerprint density at radius 3 is 2.65 bits per heavy atom. The number of amides is 2. The van der Waals surface area contributed by atoms with Gasteiger partial charge < -0.3 is 0 Å². The Kier molecular flexibility index (Phi) is 4.72. The van der Waals surface area contributed by atoms with Gasteiger partial charge >= 0.3 is 0 Å². The van der Waals surface area contributed by atoms with Crippen LogP contribution in [0.5, 0.6) is 0 Å². The maximum Gasteiger partial charge on any atom is 0.269 e. The maximum atomic E-state index is 11.8. The van der Waals surface area contributed by atoms with Crippen LogP contribution in [0.15, 0.2) is 41.8 Å². The minimum absolute atomic E-state index is 0.323. The van der Waals surface area contributed by atoms with E-state index in [1.807, 2.05) is 6.07 Å². The molecule has 0 aliphatic rings. The monoisotopic (exact) mass is 291 g/mol. The zero-order valence-electron chi connectivity index (χ0n) is 10.7. The number of nitrogens with one attached hydrogen (secondary N) is 3. The number of thioether (sulfide) groups is 1. The Bertz CT molecular complexity index is 573. The summed E-state index contributed by atoms with van der Waals surface area (Å²) < 4.78 is 0. The summed E-state index contributed by atoms with van der Waals surface area (Å²) in [6.07, 6.45) is 1.37. The molecule has 104 valence electrons. The molecule has 0 saturated carbocycles. The molecule has 2 aromatic rings. The number of benzene rings is 1. The van der Waals surface area contributed by atoms with Gasteiger partial charge in [-0.3, -0.25) is 25.5 Å². The number of carbonyl (C=O) groups excluding carboxylic acids is 2. The van der Waals surface area contributed by atoms with Gasteiger partial charge in [-0.25, -0.2) is 4.98 Å². The van der Waals surface area contributed by atoms with Gasteiger partial charge in [0.25, 0.3) is 11.8 Å². The molecule has 2 amide bonds. The molecule has 1 aromatic heterocycles. The highest BCUT2D eigenvalue weighted by Gasteiger charge is 2.16. The lowest BCUT2D eigenvalue weighted by Crippen LogP contribution is -2.44. The van der Waals surface area contributed by atoms with Crippen molar-refractivity contribution in [3.05, 3.63) is 42.2 Å². The van der Waals surface area contributed by atoms with E-state index in [1.165, 1.54) is 18.1 Å². The minimum Gasteiger partial charge on any atom is -0.272 e. The van der Waals surface area contributed by atoms with Crippen LogP contribution in [0.1, 0.15) is 17.3 Å². The van der Waals surface area contributed by atoms with Crippen molar-refractivity contribution in [3.8, 4) is 0 Å². The lowest BCUT2D eigenvalue weighted by atomic mass is 10.2. The second kappa shape index (κ2) is 6.71. The first kappa shape index (κ1) is 14.1. The standard InChI is InChI=1S/C12H13N5O2S/c1-8(20-12-13-7-14-17-12)10(18)15-16-11(19)9-5-3-2-4-6-9/h2-8H,1H3,(H,15,18)(H,16,19)(H,13,14,17)/t8-/m0/s1. The Hall–Kier alpha value is -2.35. The van der Waals surface area contributed by atoms with E-state index in [2.05, 4.69) is 26.0 Å². The summed E-state index contributed by atoms with van der Waals surface area (Å²) in [7, 11) is 0. The number of H-pyrrole nitrogens is 1. The minimum atomic E-state index is -0.418. The summed E-state index contributed by atoms with van der Waals surface area (Å²) in [5.41, 5.74) is 5.21. The van der Waals surface area contributed by atoms with Crippen molar-refractivity contribution in [3.63, 3.8) is 0 Å². The van der Waals surface area contributed by atoms with Crippen molar-refractivity contribution in [2.75, 3.05) is 0 Å². The molecule has 2 rings (SSSR count). The van der Waals surface area contributed by atoms with Gasteiger partial charge in [-0.05, 0) is 19.1 Å². The third-order valence-electron chi connectivity index (χ3n) is 2.39. The molecule has 1 aromatic carbocycles. The highest BCUT2D eigenvalue weighted by atomic mass is 32.2. The molecular weight excluding hydrogens is 278 g/mol. The zero-order valence-corrected chi connectivity index (χ0v) is 11.5. The predicted octanol–water partition coefficient (Wildman–Crippen LogP) is 0.746. The van der Waals surface area contributed by atoms with Crippen molar-refractivity contribution in [2.45, 2.75) is 17.3 Å². The quantitative estimate of drug-likeness (QED) is 0.570. The van der Waals surface area contributed by atoms with Gasteiger partial charge in [-0.2, -0.15) is 5.10 Å². The van der Waals surface area contributed by atoms with Gasteiger partial charge in [0.15, 0.2) is 5.16 Å². The van der Waals surface area contributed by atoms with Crippen LogP contribution in [0, 0.1) is 0 Å². The molecule has 0 radical (unpaired) electrons. The van der Waals surface area contributed by atoms with Gasteiger partial charge in [0.05, 0.1) is 5.25 Å². The van der Waals surface area contributed by atoms with Gasteiger partial charge in [0.2, 0.25) is 0 Å². The van der Waals surface area contributed by atoms with E-state index in [1.54, 1.807) is 31.2 Å². The van der Waals surface area contributed by atoms with Crippen LogP contribution in [-0.4, -0.2) is 32.2 Å². The number of aromatic nitrogens is 3. The van der Waals surface area contributed by atoms with Crippen LogP contribution < -0.4 is 10.9 Å². The lowest BCUT2D eigenvalue weighted by molar-refractivity contribution is -0.121. The fourth-order valence-corrected chi connectivity index (χ4v) is 2.07. The molecule has 1 atom stereocenters. The summed E-state index contributed by atoms with van der Waals surface area (Å²) in [5.74, 6) is -0.688. The summed E-state index contributed by atoms with van der Waals surface area (Å²) in [6, 6.07) is 8.63. The van der Waals surface area contributed by atoms with Crippen LogP contribution in [0.2, 0.25) is 0 Å². The molecule has 3 N–H and O–H groups in total. The van der Waals surface area contributed by atoms with E-state index >= 15 is 0 Å². The highest BCUT2D eigenvalue weighted by molar-refractivity contribution is 8.00. The summed E-state index contributed by atoms with van der Waals surface area (Å²) in [5, 5.41) is 6.46. The van der Waals surface area contributed by atoms with Crippen LogP contribution in [0.3, 0.4) is 0 Å². The third-order valence-corrected chi connectivity index (χ3v) is 3.37. The Labute approximate surface area is 119 Å². The van der Waals surface area contributed by atoms with E-state index < -0.39 is 5.25 Å². The second-order valence-electron chi connectivity index (χ2n) is 3.86. The number of hydrogen-bond acceptors (Lipinski definition) is 5. The fraction of sp³-hybridized carbons (Fsp3) is 0.167. The van der Waals surface area contributed by atoms with Gasteiger partial charge in [-0.15, -0.1) is 0 Å². The van der Waals surface area contributed by atoms with Crippen LogP contribution in [-0.2, 0) is 4.79 Å². The van der Waals surface area contributed by atoms with Crippen molar-refractivity contribution in [1.29, 1.82) is 0 Å². The molecule has 0 unspecified atom stereocenters. The van der Waals surface area contributed by atoms with E-state index in [4.69, 9.17) is 0 Å². The molecule has 1 heterocycles. The van der Waals surface area contributed by atoms with Crippen LogP contribution in [0.25, 0.3) is 0 Å². The van der Waals surface area contributed by atoms with Crippen molar-refractivity contribution < 1.29 is 9.59 Å². The summed E-state index contributed by atoms with van der Waals surface area (Å²) in [6.45, 7) is 1.71. The van der Waals surface area contributed by atoms with Crippen molar-refractivity contribution >= 4 is 23.6 Å². The summed E-state index contributed by atoms with van der Waals surface area (Å²) >= 11 is 1.21. The first-order valence-electron chi connectivity index (χ1n) is 5.84. The molecule has 0 bridgehead atoms. The van der Waals surface area contributed by atoms with E-state index in [9.17, 15) is 9.59 Å². The first-order chi connectivity index (χ1) is 9.66. The molecular formula is C12H13N5O2S. The molecule has 0 aliphatic carbocycles. The highest BCUT2D eigenvalue weighted by Crippen LogP contribution is 2.17. The first-order valence-corrected chi connectivity index (χ1v) is 6.72. The van der Waals surface area contributed by atoms with E-state index in [0.717, 1.165) is 0 Å². The molecule has 0 aliphatic heterocycles. The Balaban J connectivity index is 1.81. The van der Waals surface area contributed by atoms with Gasteiger partial charge in [-0.1, -0.05) is 30.0 Å². The van der Waals surface area contributed by atoms with Gasteiger partial charge in [0, 0.05) is 5.56 Å². The SMILES string of the molecule is C[C@H](Sc1ncn[nH]1)C(=O)NNC(=O)c1ccccc1. The smallest absolute Gasteiger partial charge is 0.269 e. The Morgan fingerprint density at radius 2 is 2.00 bits per heavy atom. The normalized spacial score (nSPS) is 11.7. The number of hydrazine groups is 1. The molecule has 7 nitrogen and oxygen atoms in total. The molecule has 8 heteroatoms. The molecule has 0 fully saturated rings. The fourth-order valence-electron chi connectivity index (χ4n) is 1.35. The Morgan fingerprint density at radius 1 is 1.25 bits per heavy atom. The molecule has 0 saturated heterocycles. The largest absolute Gasteiger partial charge is 0.272 e. The topological polar surface area (TPSA) is 99.8 Å². The van der Waals surface area contributed by atoms with E-state index in [-0.39, 0.29) is 11.8 Å². The second-order valence-corrected chi connectivity index (χ2v) is 5.19. The number of hydrogen-bond donors (Lipinski definition) is 3. The number of rotatable bonds is 4. The predicted molar refractivity (Wildman–Crippen MR) is 73.8 cm³/mol. The average molecular weight is 291 g/mol. The lowest BCUT2D eigenvalue weighted by Gasteiger charge is -2.11. The third kappa shape index (κ3) is 3.82. The van der Waals surface area contributed by atoms with Crippen LogP contribution >= 0.6 is 11.8 Å². The summed E-state index contributed by atoms with van der Waals surface area (Å²) in [4.78, 5) is 27.4. The molecule has 20 heavy (non-hydrogen) atoms. The zero-order chi connectivity index (χ0) is 14.4.